The summed E-state index contributed by atoms with van der Waals surface area (Å²) in [6.45, 7) is 4.04. The fraction of sp³-hybridized carbons (Fsp3) is 0.529. The van der Waals surface area contributed by atoms with Crippen molar-refractivity contribution in [2.45, 2.75) is 19.4 Å². The van der Waals surface area contributed by atoms with Gasteiger partial charge in [0.15, 0.2) is 0 Å². The predicted octanol–water partition coefficient (Wildman–Crippen LogP) is 1.97. The maximum absolute atomic E-state index is 11.6. The van der Waals surface area contributed by atoms with E-state index in [1.165, 1.54) is 6.26 Å². The highest BCUT2D eigenvalue weighted by molar-refractivity contribution is 7.88. The lowest BCUT2D eigenvalue weighted by Gasteiger charge is -2.35. The SMILES string of the molecule is COc1ccccc1/C=C/CNC1CCN(S(C)(=O)=O)CC1C. The third-order valence-corrected chi connectivity index (χ3v) is 5.54. The van der Waals surface area contributed by atoms with E-state index in [-0.39, 0.29) is 0 Å². The number of methoxy groups -OCH3 is 1. The maximum atomic E-state index is 11.6. The molecule has 0 aliphatic carbocycles. The van der Waals surface area contributed by atoms with Crippen molar-refractivity contribution in [3.05, 3.63) is 35.9 Å². The number of para-hydroxylation sites is 1. The van der Waals surface area contributed by atoms with Gasteiger partial charge in [0, 0.05) is 31.2 Å². The Bertz CT molecular complexity index is 643. The molecule has 23 heavy (non-hydrogen) atoms. The molecule has 2 atom stereocenters. The summed E-state index contributed by atoms with van der Waals surface area (Å²) in [6, 6.07) is 8.23. The summed E-state index contributed by atoms with van der Waals surface area (Å²) >= 11 is 0. The van der Waals surface area contributed by atoms with Crippen molar-refractivity contribution < 1.29 is 13.2 Å². The molecular formula is C17H26N2O3S. The summed E-state index contributed by atoms with van der Waals surface area (Å²) in [4.78, 5) is 0. The second-order valence-corrected chi connectivity index (χ2v) is 8.03. The van der Waals surface area contributed by atoms with Crippen molar-refractivity contribution in [2.75, 3.05) is 33.0 Å². The van der Waals surface area contributed by atoms with E-state index in [1.807, 2.05) is 30.3 Å². The first-order valence-corrected chi connectivity index (χ1v) is 9.74. The fourth-order valence-electron chi connectivity index (χ4n) is 2.92. The second kappa shape index (κ2) is 7.95. The Hall–Kier alpha value is -1.37. The molecule has 5 nitrogen and oxygen atoms in total. The molecular weight excluding hydrogens is 312 g/mol. The Morgan fingerprint density at radius 1 is 1.39 bits per heavy atom. The highest BCUT2D eigenvalue weighted by Crippen LogP contribution is 2.20. The van der Waals surface area contributed by atoms with Gasteiger partial charge < -0.3 is 10.1 Å². The molecule has 1 saturated heterocycles. The van der Waals surface area contributed by atoms with Crippen LogP contribution in [0.25, 0.3) is 6.08 Å². The number of hydrogen-bond acceptors (Lipinski definition) is 4. The van der Waals surface area contributed by atoms with Crippen molar-refractivity contribution in [2.24, 2.45) is 5.92 Å². The van der Waals surface area contributed by atoms with Gasteiger partial charge in [-0.1, -0.05) is 37.3 Å². The highest BCUT2D eigenvalue weighted by atomic mass is 32.2. The van der Waals surface area contributed by atoms with Gasteiger partial charge in [-0.3, -0.25) is 0 Å². The van der Waals surface area contributed by atoms with E-state index in [1.54, 1.807) is 11.4 Å². The average Bonchev–Trinajstić information content (AvgIpc) is 2.52. The Labute approximate surface area is 139 Å². The van der Waals surface area contributed by atoms with Crippen LogP contribution < -0.4 is 10.1 Å². The lowest BCUT2D eigenvalue weighted by atomic mass is 9.95. The number of piperidine rings is 1. The van der Waals surface area contributed by atoms with Gasteiger partial charge in [-0.05, 0) is 18.4 Å². The van der Waals surface area contributed by atoms with Gasteiger partial charge in [0.2, 0.25) is 10.0 Å². The van der Waals surface area contributed by atoms with Crippen molar-refractivity contribution in [1.29, 1.82) is 0 Å². The summed E-state index contributed by atoms with van der Waals surface area (Å²) in [5.74, 6) is 1.16. The van der Waals surface area contributed by atoms with Crippen LogP contribution in [-0.2, 0) is 10.0 Å². The minimum absolute atomic E-state index is 0.304. The summed E-state index contributed by atoms with van der Waals surface area (Å²) in [7, 11) is -1.40. The van der Waals surface area contributed by atoms with Gasteiger partial charge in [-0.2, -0.15) is 0 Å². The van der Waals surface area contributed by atoms with Crippen LogP contribution in [0.4, 0.5) is 0 Å². The van der Waals surface area contributed by atoms with E-state index >= 15 is 0 Å². The number of nitrogens with zero attached hydrogens (tertiary/aromatic N) is 1. The Kier molecular flexibility index (Phi) is 6.21. The molecule has 0 spiro atoms. The monoisotopic (exact) mass is 338 g/mol. The molecule has 1 aromatic rings. The number of hydrogen-bond donors (Lipinski definition) is 1. The Balaban J connectivity index is 1.84. The Morgan fingerprint density at radius 3 is 2.78 bits per heavy atom. The molecule has 0 amide bonds. The molecule has 0 aromatic heterocycles. The van der Waals surface area contributed by atoms with Gasteiger partial charge in [-0.25, -0.2) is 12.7 Å². The Morgan fingerprint density at radius 2 is 2.13 bits per heavy atom. The van der Waals surface area contributed by atoms with Crippen LogP contribution in [0.5, 0.6) is 5.75 Å². The summed E-state index contributed by atoms with van der Waals surface area (Å²) in [6.07, 6.45) is 6.25. The molecule has 0 bridgehead atoms. The maximum Gasteiger partial charge on any atom is 0.211 e. The van der Waals surface area contributed by atoms with E-state index in [9.17, 15) is 8.42 Å². The van der Waals surface area contributed by atoms with Gasteiger partial charge >= 0.3 is 0 Å². The number of ether oxygens (including phenoxy) is 1. The second-order valence-electron chi connectivity index (χ2n) is 6.05. The molecule has 1 aromatic carbocycles. The summed E-state index contributed by atoms with van der Waals surface area (Å²) < 4.78 is 30.1. The minimum Gasteiger partial charge on any atom is -0.496 e. The number of rotatable bonds is 6. The number of benzene rings is 1. The van der Waals surface area contributed by atoms with Crippen LogP contribution in [0.15, 0.2) is 30.3 Å². The van der Waals surface area contributed by atoms with E-state index in [0.29, 0.717) is 25.0 Å². The topological polar surface area (TPSA) is 58.6 Å². The third kappa shape index (κ3) is 5.06. The molecule has 2 unspecified atom stereocenters. The smallest absolute Gasteiger partial charge is 0.211 e. The molecule has 1 heterocycles. The zero-order valence-corrected chi connectivity index (χ0v) is 14.8. The molecule has 1 N–H and O–H groups in total. The molecule has 0 saturated carbocycles. The van der Waals surface area contributed by atoms with Gasteiger partial charge in [0.1, 0.15) is 5.75 Å². The third-order valence-electron chi connectivity index (χ3n) is 4.27. The molecule has 6 heteroatoms. The molecule has 1 fully saturated rings. The zero-order valence-electron chi connectivity index (χ0n) is 14.0. The normalized spacial score (nSPS) is 23.3. The summed E-state index contributed by atoms with van der Waals surface area (Å²) in [5.41, 5.74) is 1.05. The molecule has 128 valence electrons. The molecule has 1 aliphatic rings. The van der Waals surface area contributed by atoms with Gasteiger partial charge in [0.25, 0.3) is 0 Å². The van der Waals surface area contributed by atoms with E-state index in [0.717, 1.165) is 24.3 Å². The largest absolute Gasteiger partial charge is 0.496 e. The average molecular weight is 338 g/mol. The van der Waals surface area contributed by atoms with E-state index in [2.05, 4.69) is 18.3 Å². The van der Waals surface area contributed by atoms with Crippen LogP contribution in [0.3, 0.4) is 0 Å². The summed E-state index contributed by atoms with van der Waals surface area (Å²) in [5, 5.41) is 3.50. The van der Waals surface area contributed by atoms with E-state index < -0.39 is 10.0 Å². The highest BCUT2D eigenvalue weighted by Gasteiger charge is 2.29. The first-order valence-electron chi connectivity index (χ1n) is 7.90. The predicted molar refractivity (Wildman–Crippen MR) is 94.0 cm³/mol. The fourth-order valence-corrected chi connectivity index (χ4v) is 3.86. The first kappa shape index (κ1) is 18.0. The zero-order chi connectivity index (χ0) is 16.9. The van der Waals surface area contributed by atoms with Crippen LogP contribution in [0, 0.1) is 5.92 Å². The van der Waals surface area contributed by atoms with E-state index in [4.69, 9.17) is 4.74 Å². The number of sulfonamides is 1. The van der Waals surface area contributed by atoms with Crippen LogP contribution in [0.2, 0.25) is 0 Å². The van der Waals surface area contributed by atoms with Crippen LogP contribution in [0.1, 0.15) is 18.9 Å². The van der Waals surface area contributed by atoms with Crippen molar-refractivity contribution in [1.82, 2.24) is 9.62 Å². The lowest BCUT2D eigenvalue weighted by molar-refractivity contribution is 0.225. The molecule has 1 aliphatic heterocycles. The van der Waals surface area contributed by atoms with Crippen LogP contribution in [-0.4, -0.2) is 51.8 Å². The quantitative estimate of drug-likeness (QED) is 0.861. The standard InChI is InChI=1S/C17H26N2O3S/c1-14-13-19(23(3,20)21)12-10-16(14)18-11-6-8-15-7-4-5-9-17(15)22-2/h4-9,14,16,18H,10-13H2,1-3H3/b8-6+. The number of nitrogens with one attached hydrogen (secondary N) is 1. The van der Waals surface area contributed by atoms with Gasteiger partial charge in [0.05, 0.1) is 13.4 Å². The minimum atomic E-state index is -3.07. The lowest BCUT2D eigenvalue weighted by Crippen LogP contribution is -2.49. The van der Waals surface area contributed by atoms with Crippen molar-refractivity contribution >= 4 is 16.1 Å². The van der Waals surface area contributed by atoms with Crippen molar-refractivity contribution in [3.63, 3.8) is 0 Å². The van der Waals surface area contributed by atoms with Crippen LogP contribution >= 0.6 is 0 Å². The molecule has 2 rings (SSSR count). The van der Waals surface area contributed by atoms with Gasteiger partial charge in [-0.15, -0.1) is 0 Å². The first-order chi connectivity index (χ1) is 10.9. The van der Waals surface area contributed by atoms with Crippen molar-refractivity contribution in [3.8, 4) is 5.75 Å². The molecule has 0 radical (unpaired) electrons.